The van der Waals surface area contributed by atoms with Crippen LogP contribution in [0.1, 0.15) is 29.0 Å². The fourth-order valence-corrected chi connectivity index (χ4v) is 4.27. The van der Waals surface area contributed by atoms with E-state index in [0.29, 0.717) is 5.57 Å². The molecule has 0 aromatic heterocycles. The highest BCUT2D eigenvalue weighted by atomic mass is 35.5. The van der Waals surface area contributed by atoms with Crippen molar-refractivity contribution in [3.05, 3.63) is 74.8 Å². The highest BCUT2D eigenvalue weighted by Crippen LogP contribution is 2.37. The number of rotatable bonds is 5. The van der Waals surface area contributed by atoms with Crippen molar-refractivity contribution < 1.29 is 22.8 Å². The Labute approximate surface area is 191 Å². The number of hydrogen-bond acceptors (Lipinski definition) is 4. The second kappa shape index (κ2) is 9.67. The maximum absolute atomic E-state index is 13.0. The van der Waals surface area contributed by atoms with Gasteiger partial charge in [0.05, 0.1) is 33.0 Å². The second-order valence-corrected chi connectivity index (χ2v) is 8.49. The van der Waals surface area contributed by atoms with Crippen LogP contribution in [-0.4, -0.2) is 17.6 Å². The van der Waals surface area contributed by atoms with Crippen LogP contribution >= 0.6 is 23.4 Å². The number of carbonyl (C=O) groups is 2. The molecule has 3 rings (SSSR count). The Balaban J connectivity index is 1.74. The molecule has 0 saturated heterocycles. The Hall–Kier alpha value is -2.96. The molecule has 2 N–H and O–H groups in total. The van der Waals surface area contributed by atoms with Gasteiger partial charge in [0.25, 0.3) is 0 Å². The summed E-state index contributed by atoms with van der Waals surface area (Å²) in [5.74, 6) is -1.54. The lowest BCUT2D eigenvalue weighted by molar-refractivity contribution is -0.137. The Bertz CT molecular complexity index is 1120. The SMILES string of the molecule is Cc1ccc(C2CC(=O)NC(SCC(=O)Nc3ccc(Cl)c(C(F)(F)F)c3)=C2C#N)cc1. The average Bonchev–Trinajstić information content (AvgIpc) is 2.73. The molecule has 0 aliphatic carbocycles. The van der Waals surface area contributed by atoms with E-state index in [1.165, 1.54) is 6.07 Å². The molecular formula is C22H17ClF3N3O2S. The number of thioether (sulfide) groups is 1. The Morgan fingerprint density at radius 1 is 1.28 bits per heavy atom. The zero-order valence-corrected chi connectivity index (χ0v) is 18.3. The molecular weight excluding hydrogens is 463 g/mol. The molecule has 0 saturated carbocycles. The Morgan fingerprint density at radius 2 is 1.97 bits per heavy atom. The highest BCUT2D eigenvalue weighted by Gasteiger charge is 2.33. The van der Waals surface area contributed by atoms with Crippen LogP contribution in [0.4, 0.5) is 18.9 Å². The van der Waals surface area contributed by atoms with Gasteiger partial charge in [-0.3, -0.25) is 9.59 Å². The maximum Gasteiger partial charge on any atom is 0.417 e. The van der Waals surface area contributed by atoms with Gasteiger partial charge in [0.2, 0.25) is 11.8 Å². The van der Waals surface area contributed by atoms with Crippen LogP contribution in [0, 0.1) is 18.3 Å². The molecule has 1 aliphatic heterocycles. The summed E-state index contributed by atoms with van der Waals surface area (Å²) < 4.78 is 39.0. The van der Waals surface area contributed by atoms with E-state index in [0.717, 1.165) is 35.0 Å². The minimum Gasteiger partial charge on any atom is -0.325 e. The largest absolute Gasteiger partial charge is 0.417 e. The molecule has 166 valence electrons. The number of benzene rings is 2. The number of hydrogen-bond donors (Lipinski definition) is 2. The number of halogens is 4. The van der Waals surface area contributed by atoms with E-state index in [9.17, 15) is 28.0 Å². The molecule has 1 aliphatic rings. The predicted octanol–water partition coefficient (Wildman–Crippen LogP) is 5.38. The van der Waals surface area contributed by atoms with Crippen molar-refractivity contribution in [3.8, 4) is 6.07 Å². The first-order valence-electron chi connectivity index (χ1n) is 9.38. The first kappa shape index (κ1) is 23.7. The summed E-state index contributed by atoms with van der Waals surface area (Å²) in [5, 5.41) is 14.5. The van der Waals surface area contributed by atoms with E-state index >= 15 is 0 Å². The molecule has 0 spiro atoms. The molecule has 1 atom stereocenters. The summed E-state index contributed by atoms with van der Waals surface area (Å²) in [4.78, 5) is 24.5. The van der Waals surface area contributed by atoms with Gasteiger partial charge in [0.1, 0.15) is 0 Å². The quantitative estimate of drug-likeness (QED) is 0.603. The molecule has 2 aromatic carbocycles. The van der Waals surface area contributed by atoms with Gasteiger partial charge in [-0.15, -0.1) is 0 Å². The molecule has 2 aromatic rings. The van der Waals surface area contributed by atoms with E-state index in [1.54, 1.807) is 0 Å². The van der Waals surface area contributed by atoms with E-state index in [1.807, 2.05) is 31.2 Å². The fourth-order valence-electron chi connectivity index (χ4n) is 3.17. The zero-order chi connectivity index (χ0) is 23.5. The minimum absolute atomic E-state index is 0.0629. The van der Waals surface area contributed by atoms with Crippen LogP contribution in [0.2, 0.25) is 5.02 Å². The molecule has 5 nitrogen and oxygen atoms in total. The zero-order valence-electron chi connectivity index (χ0n) is 16.7. The van der Waals surface area contributed by atoms with Crippen molar-refractivity contribution in [3.63, 3.8) is 0 Å². The smallest absolute Gasteiger partial charge is 0.325 e. The summed E-state index contributed by atoms with van der Waals surface area (Å²) in [6.07, 6.45) is -4.55. The van der Waals surface area contributed by atoms with Crippen LogP contribution in [0.15, 0.2) is 53.1 Å². The number of aryl methyl sites for hydroxylation is 1. The Morgan fingerprint density at radius 3 is 2.59 bits per heavy atom. The fraction of sp³-hybridized carbons (Fsp3) is 0.227. The summed E-state index contributed by atoms with van der Waals surface area (Å²) in [7, 11) is 0. The molecule has 0 fully saturated rings. The summed E-state index contributed by atoms with van der Waals surface area (Å²) in [6, 6.07) is 12.7. The van der Waals surface area contributed by atoms with E-state index < -0.39 is 28.6 Å². The number of nitriles is 1. The lowest BCUT2D eigenvalue weighted by Crippen LogP contribution is -2.31. The van der Waals surface area contributed by atoms with Gasteiger partial charge in [-0.05, 0) is 30.7 Å². The summed E-state index contributed by atoms with van der Waals surface area (Å²) >= 11 is 6.53. The molecule has 0 radical (unpaired) electrons. The number of carbonyl (C=O) groups excluding carboxylic acids is 2. The van der Waals surface area contributed by atoms with Crippen LogP contribution in [-0.2, 0) is 15.8 Å². The number of nitrogens with one attached hydrogen (secondary N) is 2. The number of allylic oxidation sites excluding steroid dienone is 1. The number of alkyl halides is 3. The van der Waals surface area contributed by atoms with E-state index in [2.05, 4.69) is 16.7 Å². The van der Waals surface area contributed by atoms with Gasteiger partial charge in [-0.2, -0.15) is 18.4 Å². The third-order valence-electron chi connectivity index (χ3n) is 4.74. The van der Waals surface area contributed by atoms with Crippen molar-refractivity contribution in [1.29, 1.82) is 5.26 Å². The van der Waals surface area contributed by atoms with Crippen molar-refractivity contribution >= 4 is 40.9 Å². The maximum atomic E-state index is 13.0. The van der Waals surface area contributed by atoms with Crippen LogP contribution in [0.5, 0.6) is 0 Å². The molecule has 0 bridgehead atoms. The lowest BCUT2D eigenvalue weighted by atomic mass is 9.87. The van der Waals surface area contributed by atoms with E-state index in [-0.39, 0.29) is 28.8 Å². The molecule has 32 heavy (non-hydrogen) atoms. The van der Waals surface area contributed by atoms with Crippen molar-refractivity contribution in [2.24, 2.45) is 0 Å². The Kier molecular flexibility index (Phi) is 7.16. The second-order valence-electron chi connectivity index (χ2n) is 7.10. The molecule has 10 heteroatoms. The van der Waals surface area contributed by atoms with Crippen LogP contribution in [0.25, 0.3) is 0 Å². The third kappa shape index (κ3) is 5.64. The minimum atomic E-state index is -4.66. The van der Waals surface area contributed by atoms with Gasteiger partial charge in [0.15, 0.2) is 0 Å². The first-order valence-corrected chi connectivity index (χ1v) is 10.7. The third-order valence-corrected chi connectivity index (χ3v) is 6.09. The molecule has 2 amide bonds. The topological polar surface area (TPSA) is 82.0 Å². The molecule has 1 unspecified atom stereocenters. The van der Waals surface area contributed by atoms with Gasteiger partial charge < -0.3 is 10.6 Å². The van der Waals surface area contributed by atoms with Gasteiger partial charge >= 0.3 is 6.18 Å². The summed E-state index contributed by atoms with van der Waals surface area (Å²) in [6.45, 7) is 1.93. The van der Waals surface area contributed by atoms with Crippen LogP contribution < -0.4 is 10.6 Å². The van der Waals surface area contributed by atoms with Gasteiger partial charge in [0, 0.05) is 18.0 Å². The number of nitrogens with zero attached hydrogens (tertiary/aromatic N) is 1. The summed E-state index contributed by atoms with van der Waals surface area (Å²) in [5.41, 5.74) is 1.06. The van der Waals surface area contributed by atoms with Crippen molar-refractivity contribution in [1.82, 2.24) is 5.32 Å². The molecule has 1 heterocycles. The van der Waals surface area contributed by atoms with E-state index in [4.69, 9.17) is 11.6 Å². The standard InChI is InChI=1S/C22H17ClF3N3O2S/c1-12-2-4-13(5-3-12)15-9-19(30)29-21(16(15)10-27)32-11-20(31)28-14-6-7-18(23)17(8-14)22(24,25)26/h2-8,15H,9,11H2,1H3,(H,28,31)(H,29,30). The van der Waals surface area contributed by atoms with Crippen molar-refractivity contribution in [2.45, 2.75) is 25.4 Å². The predicted molar refractivity (Wildman–Crippen MR) is 117 cm³/mol. The normalized spacial score (nSPS) is 16.4. The average molecular weight is 480 g/mol. The first-order chi connectivity index (χ1) is 15.1. The monoisotopic (exact) mass is 479 g/mol. The number of anilines is 1. The van der Waals surface area contributed by atoms with Gasteiger partial charge in [-0.25, -0.2) is 0 Å². The van der Waals surface area contributed by atoms with Crippen molar-refractivity contribution in [2.75, 3.05) is 11.1 Å². The lowest BCUT2D eigenvalue weighted by Gasteiger charge is -2.25. The van der Waals surface area contributed by atoms with Gasteiger partial charge in [-0.1, -0.05) is 53.2 Å². The highest BCUT2D eigenvalue weighted by molar-refractivity contribution is 8.03. The number of amides is 2. The van der Waals surface area contributed by atoms with Crippen LogP contribution in [0.3, 0.4) is 0 Å².